The second-order valence-corrected chi connectivity index (χ2v) is 15.1. The van der Waals surface area contributed by atoms with E-state index in [1.807, 2.05) is 17.4 Å². The summed E-state index contributed by atoms with van der Waals surface area (Å²) in [4.78, 5) is 2.35. The van der Waals surface area contributed by atoms with E-state index >= 15 is 0 Å². The van der Waals surface area contributed by atoms with Gasteiger partial charge in [-0.2, -0.15) is 0 Å². The lowest BCUT2D eigenvalue weighted by Crippen LogP contribution is -2.10. The molecular formula is C52H33NOS. The lowest BCUT2D eigenvalue weighted by molar-refractivity contribution is 0.669. The van der Waals surface area contributed by atoms with Crippen molar-refractivity contribution in [1.82, 2.24) is 0 Å². The number of hydrogen-bond donors (Lipinski definition) is 0. The van der Waals surface area contributed by atoms with Crippen molar-refractivity contribution in [2.45, 2.75) is 0 Å². The number of hydrogen-bond acceptors (Lipinski definition) is 3. The summed E-state index contributed by atoms with van der Waals surface area (Å²) in [6.45, 7) is 0. The number of furan rings is 1. The van der Waals surface area contributed by atoms with Crippen LogP contribution in [0.4, 0.5) is 17.1 Å². The second kappa shape index (κ2) is 12.9. The van der Waals surface area contributed by atoms with Gasteiger partial charge in [0.2, 0.25) is 0 Å². The van der Waals surface area contributed by atoms with E-state index in [0.717, 1.165) is 39.0 Å². The summed E-state index contributed by atoms with van der Waals surface area (Å²) in [5.41, 5.74) is 12.0. The van der Waals surface area contributed by atoms with Gasteiger partial charge >= 0.3 is 0 Å². The molecule has 0 aliphatic carbocycles. The number of fused-ring (bicyclic) bond motifs is 7. The highest BCUT2D eigenvalue weighted by atomic mass is 32.1. The predicted molar refractivity (Wildman–Crippen MR) is 235 cm³/mol. The SMILES string of the molecule is c1ccc(-c2cc(N(c3ccc(-c4cccc5ccccc45)cc3)c3cccc4c3oc3ccccc34)ccc2-c2cccc3c2sc2ccccc23)cc1. The van der Waals surface area contributed by atoms with Crippen LogP contribution in [0.3, 0.4) is 0 Å². The van der Waals surface area contributed by atoms with E-state index in [1.165, 1.54) is 64.3 Å². The third-order valence-electron chi connectivity index (χ3n) is 10.9. The molecule has 0 unspecified atom stereocenters. The minimum atomic E-state index is 0.863. The molecule has 0 fully saturated rings. The first-order valence-electron chi connectivity index (χ1n) is 18.7. The second-order valence-electron chi connectivity index (χ2n) is 14.0. The first kappa shape index (κ1) is 31.6. The number of thiophene rings is 1. The first-order valence-corrected chi connectivity index (χ1v) is 19.5. The van der Waals surface area contributed by atoms with Gasteiger partial charge in [-0.3, -0.25) is 0 Å². The summed E-state index contributed by atoms with van der Waals surface area (Å²) < 4.78 is 9.31. The van der Waals surface area contributed by atoms with Gasteiger partial charge in [-0.25, -0.2) is 0 Å². The maximum Gasteiger partial charge on any atom is 0.159 e. The monoisotopic (exact) mass is 719 g/mol. The van der Waals surface area contributed by atoms with Gasteiger partial charge in [-0.05, 0) is 81.1 Å². The quantitative estimate of drug-likeness (QED) is 0.170. The molecule has 11 aromatic rings. The molecule has 11 rings (SSSR count). The molecule has 0 radical (unpaired) electrons. The fraction of sp³-hybridized carbons (Fsp3) is 0. The summed E-state index contributed by atoms with van der Waals surface area (Å²) in [5.74, 6) is 0. The van der Waals surface area contributed by atoms with Crippen molar-refractivity contribution < 1.29 is 4.42 Å². The van der Waals surface area contributed by atoms with E-state index < -0.39 is 0 Å². The Kier molecular flexibility index (Phi) is 7.39. The molecule has 2 nitrogen and oxygen atoms in total. The van der Waals surface area contributed by atoms with Crippen LogP contribution >= 0.6 is 11.3 Å². The first-order chi connectivity index (χ1) is 27.3. The molecule has 0 amide bonds. The Labute approximate surface area is 322 Å². The van der Waals surface area contributed by atoms with Crippen LogP contribution in [0, 0.1) is 0 Å². The minimum Gasteiger partial charge on any atom is -0.454 e. The van der Waals surface area contributed by atoms with Crippen molar-refractivity contribution in [3.8, 4) is 33.4 Å². The van der Waals surface area contributed by atoms with Crippen LogP contribution in [0.15, 0.2) is 205 Å². The van der Waals surface area contributed by atoms with Gasteiger partial charge in [0.15, 0.2) is 5.58 Å². The zero-order chi connectivity index (χ0) is 36.3. The van der Waals surface area contributed by atoms with E-state index in [0.29, 0.717) is 0 Å². The summed E-state index contributed by atoms with van der Waals surface area (Å²) >= 11 is 1.87. The van der Waals surface area contributed by atoms with Crippen LogP contribution in [0.5, 0.6) is 0 Å². The minimum absolute atomic E-state index is 0.863. The van der Waals surface area contributed by atoms with E-state index in [1.54, 1.807) is 0 Å². The van der Waals surface area contributed by atoms with E-state index in [2.05, 4.69) is 199 Å². The Bertz CT molecular complexity index is 3200. The van der Waals surface area contributed by atoms with E-state index in [-0.39, 0.29) is 0 Å². The van der Waals surface area contributed by atoms with Crippen LogP contribution in [0.2, 0.25) is 0 Å². The van der Waals surface area contributed by atoms with Crippen molar-refractivity contribution in [3.05, 3.63) is 200 Å². The van der Waals surface area contributed by atoms with Crippen LogP contribution in [-0.4, -0.2) is 0 Å². The molecule has 0 aliphatic rings. The lowest BCUT2D eigenvalue weighted by atomic mass is 9.92. The Morgan fingerprint density at radius 1 is 0.382 bits per heavy atom. The van der Waals surface area contributed by atoms with Gasteiger partial charge in [0.05, 0.1) is 5.69 Å². The van der Waals surface area contributed by atoms with Gasteiger partial charge < -0.3 is 9.32 Å². The highest BCUT2D eigenvalue weighted by Gasteiger charge is 2.22. The number of nitrogens with zero attached hydrogens (tertiary/aromatic N) is 1. The molecular weight excluding hydrogens is 687 g/mol. The molecule has 0 saturated carbocycles. The summed E-state index contributed by atoms with van der Waals surface area (Å²) in [5, 5.41) is 7.30. The van der Waals surface area contributed by atoms with Crippen LogP contribution < -0.4 is 4.90 Å². The fourth-order valence-corrected chi connectivity index (χ4v) is 9.56. The van der Waals surface area contributed by atoms with Crippen LogP contribution in [-0.2, 0) is 0 Å². The zero-order valence-corrected chi connectivity index (χ0v) is 30.6. The van der Waals surface area contributed by atoms with Gasteiger partial charge in [0.25, 0.3) is 0 Å². The van der Waals surface area contributed by atoms with Gasteiger partial charge in [-0.1, -0.05) is 158 Å². The topological polar surface area (TPSA) is 16.4 Å². The van der Waals surface area contributed by atoms with Crippen molar-refractivity contribution in [1.29, 1.82) is 0 Å². The van der Waals surface area contributed by atoms with E-state index in [4.69, 9.17) is 4.42 Å². The molecule has 0 aliphatic heterocycles. The summed E-state index contributed by atoms with van der Waals surface area (Å²) in [7, 11) is 0. The van der Waals surface area contributed by atoms with Gasteiger partial charge in [0.1, 0.15) is 5.58 Å². The molecule has 0 N–H and O–H groups in total. The molecule has 9 aromatic carbocycles. The maximum atomic E-state index is 6.69. The Hall–Kier alpha value is -6.94. The fourth-order valence-electron chi connectivity index (χ4n) is 8.32. The number of para-hydroxylation sites is 2. The zero-order valence-electron chi connectivity index (χ0n) is 29.8. The number of rotatable bonds is 6. The Balaban J connectivity index is 1.14. The van der Waals surface area contributed by atoms with Crippen LogP contribution in [0.25, 0.3) is 86.3 Å². The molecule has 0 spiro atoms. The van der Waals surface area contributed by atoms with E-state index in [9.17, 15) is 0 Å². The van der Waals surface area contributed by atoms with Crippen molar-refractivity contribution in [2.24, 2.45) is 0 Å². The molecule has 258 valence electrons. The predicted octanol–water partition coefficient (Wildman–Crippen LogP) is 15.6. The Morgan fingerprint density at radius 2 is 1.02 bits per heavy atom. The maximum absolute atomic E-state index is 6.69. The average molecular weight is 720 g/mol. The average Bonchev–Trinajstić information content (AvgIpc) is 3.84. The molecule has 0 saturated heterocycles. The molecule has 3 heteroatoms. The molecule has 0 atom stereocenters. The van der Waals surface area contributed by atoms with Crippen molar-refractivity contribution >= 4 is 81.3 Å². The van der Waals surface area contributed by atoms with Crippen molar-refractivity contribution in [2.75, 3.05) is 4.90 Å². The normalized spacial score (nSPS) is 11.6. The Morgan fingerprint density at radius 3 is 1.91 bits per heavy atom. The number of benzene rings is 9. The van der Waals surface area contributed by atoms with Gasteiger partial charge in [0, 0.05) is 47.9 Å². The third kappa shape index (κ3) is 5.24. The largest absolute Gasteiger partial charge is 0.454 e. The summed E-state index contributed by atoms with van der Waals surface area (Å²) in [6.07, 6.45) is 0. The highest BCUT2D eigenvalue weighted by molar-refractivity contribution is 7.26. The number of anilines is 3. The van der Waals surface area contributed by atoms with Crippen molar-refractivity contribution in [3.63, 3.8) is 0 Å². The molecule has 0 bridgehead atoms. The standard InChI is InChI=1S/C52H33NOS/c1-2-13-35(14-3-1)47-33-38(31-32-41(47)45-22-11-23-46-43-19-7-9-26-50(43)55-52(45)46)53(48-24-12-21-44-42-18-6-8-25-49(42)54-51(44)48)37-29-27-36(28-30-37)40-20-10-16-34-15-4-5-17-39(34)40/h1-33H. The van der Waals surface area contributed by atoms with Gasteiger partial charge in [-0.15, -0.1) is 11.3 Å². The smallest absolute Gasteiger partial charge is 0.159 e. The van der Waals surface area contributed by atoms with Crippen LogP contribution in [0.1, 0.15) is 0 Å². The molecule has 2 aromatic heterocycles. The lowest BCUT2D eigenvalue weighted by Gasteiger charge is -2.27. The highest BCUT2D eigenvalue weighted by Crippen LogP contribution is 2.47. The molecule has 55 heavy (non-hydrogen) atoms. The third-order valence-corrected chi connectivity index (χ3v) is 12.1. The summed E-state index contributed by atoms with van der Waals surface area (Å²) in [6, 6.07) is 72.1. The molecule has 2 heterocycles.